The highest BCUT2D eigenvalue weighted by Crippen LogP contribution is 2.14. The Morgan fingerprint density at radius 2 is 2.58 bits per heavy atom. The number of anilines is 1. The molecule has 0 amide bonds. The van der Waals surface area contributed by atoms with Gasteiger partial charge in [-0.05, 0) is 6.92 Å². The highest BCUT2D eigenvalue weighted by atomic mass is 32.1. The van der Waals surface area contributed by atoms with Gasteiger partial charge in [0.15, 0.2) is 0 Å². The molecule has 5 nitrogen and oxygen atoms in total. The maximum Gasteiger partial charge on any atom is 0.323 e. The molecule has 1 rings (SSSR count). The van der Waals surface area contributed by atoms with Crippen LogP contribution in [0.1, 0.15) is 6.92 Å². The van der Waals surface area contributed by atoms with E-state index in [1.54, 1.807) is 10.4 Å². The first-order valence-corrected chi connectivity index (χ1v) is 4.35. The molecule has 0 aromatic carbocycles. The number of rotatable bonds is 4. The minimum absolute atomic E-state index is 0.0221. The summed E-state index contributed by atoms with van der Waals surface area (Å²) in [5, 5.41) is 16.6. The Morgan fingerprint density at radius 3 is 3.00 bits per heavy atom. The van der Waals surface area contributed by atoms with E-state index >= 15 is 0 Å². The third-order valence-electron chi connectivity index (χ3n) is 1.33. The summed E-state index contributed by atoms with van der Waals surface area (Å²) in [4.78, 5) is 12.0. The van der Waals surface area contributed by atoms with Crippen molar-refractivity contribution in [1.29, 1.82) is 0 Å². The molecule has 12 heavy (non-hydrogen) atoms. The van der Waals surface area contributed by atoms with E-state index in [0.717, 1.165) is 0 Å². The molecule has 1 N–H and O–H groups in total. The molecule has 66 valence electrons. The number of hydrogen-bond acceptors (Lipinski definition) is 5. The smallest absolute Gasteiger partial charge is 0.323 e. The van der Waals surface area contributed by atoms with Crippen LogP contribution in [0.2, 0.25) is 0 Å². The van der Waals surface area contributed by atoms with E-state index in [1.165, 1.54) is 11.3 Å². The largest absolute Gasteiger partial charge is 0.480 e. The molecule has 0 spiro atoms. The zero-order valence-corrected chi connectivity index (χ0v) is 7.41. The van der Waals surface area contributed by atoms with Crippen molar-refractivity contribution >= 4 is 22.4 Å². The average molecular weight is 187 g/mol. The fourth-order valence-corrected chi connectivity index (χ4v) is 1.41. The average Bonchev–Trinajstić information content (AvgIpc) is 2.51. The van der Waals surface area contributed by atoms with Gasteiger partial charge in [0.05, 0.1) is 0 Å². The van der Waals surface area contributed by atoms with E-state index < -0.39 is 5.97 Å². The van der Waals surface area contributed by atoms with Crippen LogP contribution in [0.15, 0.2) is 5.51 Å². The Morgan fingerprint density at radius 1 is 1.83 bits per heavy atom. The van der Waals surface area contributed by atoms with Gasteiger partial charge in [0, 0.05) is 6.54 Å². The number of nitrogens with zero attached hydrogens (tertiary/aromatic N) is 3. The molecule has 0 unspecified atom stereocenters. The van der Waals surface area contributed by atoms with Crippen molar-refractivity contribution in [3.05, 3.63) is 5.51 Å². The van der Waals surface area contributed by atoms with Gasteiger partial charge in [-0.15, -0.1) is 10.2 Å². The van der Waals surface area contributed by atoms with Gasteiger partial charge in [0.2, 0.25) is 5.13 Å². The summed E-state index contributed by atoms with van der Waals surface area (Å²) in [6.45, 7) is 2.48. The van der Waals surface area contributed by atoms with Crippen molar-refractivity contribution in [2.24, 2.45) is 0 Å². The molecule has 1 aromatic rings. The first-order valence-electron chi connectivity index (χ1n) is 3.47. The standard InChI is InChI=1S/C6H9N3O2S/c1-2-9(3-5(10)11)6-8-7-4-12-6/h4H,2-3H2,1H3,(H,10,11). The van der Waals surface area contributed by atoms with Gasteiger partial charge in [0.1, 0.15) is 12.1 Å². The van der Waals surface area contributed by atoms with E-state index in [1.807, 2.05) is 6.92 Å². The lowest BCUT2D eigenvalue weighted by Gasteiger charge is -2.15. The van der Waals surface area contributed by atoms with E-state index in [-0.39, 0.29) is 6.54 Å². The summed E-state index contributed by atoms with van der Waals surface area (Å²) in [6, 6.07) is 0. The van der Waals surface area contributed by atoms with Crippen molar-refractivity contribution in [3.8, 4) is 0 Å². The van der Waals surface area contributed by atoms with E-state index in [0.29, 0.717) is 11.7 Å². The lowest BCUT2D eigenvalue weighted by atomic mass is 10.5. The fraction of sp³-hybridized carbons (Fsp3) is 0.500. The van der Waals surface area contributed by atoms with Gasteiger partial charge in [-0.25, -0.2) is 0 Å². The Kier molecular flexibility index (Phi) is 2.98. The number of aliphatic carboxylic acids is 1. The predicted octanol–water partition coefficient (Wildman–Crippen LogP) is 0.449. The number of hydrogen-bond donors (Lipinski definition) is 1. The quantitative estimate of drug-likeness (QED) is 0.741. The Balaban J connectivity index is 2.63. The second kappa shape index (κ2) is 4.01. The summed E-state index contributed by atoms with van der Waals surface area (Å²) < 4.78 is 0. The lowest BCUT2D eigenvalue weighted by Crippen LogP contribution is -2.29. The van der Waals surface area contributed by atoms with E-state index in [9.17, 15) is 4.79 Å². The van der Waals surface area contributed by atoms with Gasteiger partial charge in [-0.3, -0.25) is 4.79 Å². The predicted molar refractivity (Wildman–Crippen MR) is 45.4 cm³/mol. The van der Waals surface area contributed by atoms with Gasteiger partial charge in [0.25, 0.3) is 0 Å². The maximum atomic E-state index is 10.4. The van der Waals surface area contributed by atoms with Gasteiger partial charge >= 0.3 is 5.97 Å². The van der Waals surface area contributed by atoms with Crippen LogP contribution in [-0.4, -0.2) is 34.4 Å². The SMILES string of the molecule is CCN(CC(=O)O)c1nncs1. The molecule has 0 aliphatic carbocycles. The molecule has 1 aromatic heterocycles. The number of carbonyl (C=O) groups is 1. The second-order valence-corrected chi connectivity index (χ2v) is 2.94. The van der Waals surface area contributed by atoms with Crippen LogP contribution in [-0.2, 0) is 4.79 Å². The molecule has 1 heterocycles. The Hall–Kier alpha value is -1.17. The zero-order chi connectivity index (χ0) is 8.97. The number of aromatic nitrogens is 2. The van der Waals surface area contributed by atoms with Crippen LogP contribution in [0.25, 0.3) is 0 Å². The van der Waals surface area contributed by atoms with Crippen molar-refractivity contribution in [2.75, 3.05) is 18.0 Å². The molecular formula is C6H9N3O2S. The topological polar surface area (TPSA) is 66.3 Å². The molecule has 0 aliphatic heterocycles. The molecule has 0 fully saturated rings. The summed E-state index contributed by atoms with van der Waals surface area (Å²) in [7, 11) is 0. The van der Waals surface area contributed by atoms with Crippen LogP contribution >= 0.6 is 11.3 Å². The molecule has 6 heteroatoms. The van der Waals surface area contributed by atoms with Gasteiger partial charge in [-0.2, -0.15) is 0 Å². The summed E-state index contributed by atoms with van der Waals surface area (Å²) in [6.07, 6.45) is 0. The fourth-order valence-electron chi connectivity index (χ4n) is 0.783. The molecular weight excluding hydrogens is 178 g/mol. The van der Waals surface area contributed by atoms with E-state index in [4.69, 9.17) is 5.11 Å². The maximum absolute atomic E-state index is 10.4. The third kappa shape index (κ3) is 2.16. The van der Waals surface area contributed by atoms with Crippen LogP contribution in [0.3, 0.4) is 0 Å². The van der Waals surface area contributed by atoms with Crippen molar-refractivity contribution < 1.29 is 9.90 Å². The van der Waals surface area contributed by atoms with Gasteiger partial charge in [-0.1, -0.05) is 11.3 Å². The van der Waals surface area contributed by atoms with Crippen LogP contribution in [0, 0.1) is 0 Å². The Labute approximate surface area is 73.7 Å². The molecule has 0 aliphatic rings. The number of carboxylic acid groups (broad SMARTS) is 1. The second-order valence-electron chi connectivity index (χ2n) is 2.13. The normalized spacial score (nSPS) is 9.75. The third-order valence-corrected chi connectivity index (χ3v) is 2.08. The molecule has 0 atom stereocenters. The molecule has 0 saturated heterocycles. The Bertz CT molecular complexity index is 249. The van der Waals surface area contributed by atoms with E-state index in [2.05, 4.69) is 10.2 Å². The summed E-state index contributed by atoms with van der Waals surface area (Å²) in [5.74, 6) is -0.855. The first kappa shape index (κ1) is 8.92. The minimum Gasteiger partial charge on any atom is -0.480 e. The van der Waals surface area contributed by atoms with Crippen molar-refractivity contribution in [2.45, 2.75) is 6.92 Å². The summed E-state index contributed by atoms with van der Waals surface area (Å²) in [5.41, 5.74) is 1.58. The monoisotopic (exact) mass is 187 g/mol. The zero-order valence-electron chi connectivity index (χ0n) is 6.60. The number of likely N-dealkylation sites (N-methyl/N-ethyl adjacent to an activating group) is 1. The summed E-state index contributed by atoms with van der Waals surface area (Å²) >= 11 is 1.34. The van der Waals surface area contributed by atoms with Crippen LogP contribution in [0.5, 0.6) is 0 Å². The molecule has 0 radical (unpaired) electrons. The highest BCUT2D eigenvalue weighted by Gasteiger charge is 2.10. The highest BCUT2D eigenvalue weighted by molar-refractivity contribution is 7.13. The molecule has 0 bridgehead atoms. The number of carboxylic acids is 1. The van der Waals surface area contributed by atoms with Crippen molar-refractivity contribution in [3.63, 3.8) is 0 Å². The van der Waals surface area contributed by atoms with Crippen molar-refractivity contribution in [1.82, 2.24) is 10.2 Å². The van der Waals surface area contributed by atoms with Gasteiger partial charge < -0.3 is 10.0 Å². The van der Waals surface area contributed by atoms with Crippen LogP contribution in [0.4, 0.5) is 5.13 Å². The van der Waals surface area contributed by atoms with Crippen LogP contribution < -0.4 is 4.90 Å². The first-order chi connectivity index (χ1) is 5.74. The lowest BCUT2D eigenvalue weighted by molar-refractivity contribution is -0.135. The minimum atomic E-state index is -0.855. The molecule has 0 saturated carbocycles.